The van der Waals surface area contributed by atoms with Crippen molar-refractivity contribution in [3.05, 3.63) is 63.7 Å². The summed E-state index contributed by atoms with van der Waals surface area (Å²) < 4.78 is 13.2. The molecule has 0 bridgehead atoms. The molecule has 0 saturated carbocycles. The van der Waals surface area contributed by atoms with Crippen LogP contribution in [-0.4, -0.2) is 32.7 Å². The van der Waals surface area contributed by atoms with Gasteiger partial charge in [0, 0.05) is 17.2 Å². The Kier molecular flexibility index (Phi) is 7.60. The Morgan fingerprint density at radius 3 is 2.59 bits per heavy atom. The van der Waals surface area contributed by atoms with E-state index in [-0.39, 0.29) is 33.5 Å². The van der Waals surface area contributed by atoms with Crippen LogP contribution in [0.1, 0.15) is 13.8 Å². The van der Waals surface area contributed by atoms with Gasteiger partial charge in [0.05, 0.1) is 16.5 Å². The van der Waals surface area contributed by atoms with E-state index in [4.69, 9.17) is 11.6 Å². The molecule has 2 amide bonds. The number of carbonyl (C=O) groups is 2. The highest BCUT2D eigenvalue weighted by atomic mass is 35.5. The molecule has 0 unspecified atom stereocenters. The van der Waals surface area contributed by atoms with Gasteiger partial charge in [0.15, 0.2) is 10.9 Å². The topological polar surface area (TPSA) is 117 Å². The molecular formula is C21H19ClFN5O3S. The Balaban J connectivity index is 1.69. The second kappa shape index (κ2) is 10.4. The first-order valence-electron chi connectivity index (χ1n) is 9.49. The first-order valence-corrected chi connectivity index (χ1v) is 10.9. The van der Waals surface area contributed by atoms with Crippen LogP contribution in [0.2, 0.25) is 5.02 Å². The molecule has 0 aliphatic carbocycles. The third kappa shape index (κ3) is 5.92. The van der Waals surface area contributed by atoms with E-state index >= 15 is 0 Å². The number of nitrogens with one attached hydrogen (secondary N) is 3. The number of hydrogen-bond donors (Lipinski definition) is 3. The number of anilines is 2. The van der Waals surface area contributed by atoms with E-state index < -0.39 is 17.3 Å². The molecule has 1 heterocycles. The lowest BCUT2D eigenvalue weighted by Crippen LogP contribution is -2.20. The molecule has 3 N–H and O–H groups in total. The maximum Gasteiger partial charge on any atom is 0.278 e. The van der Waals surface area contributed by atoms with Gasteiger partial charge in [-0.05, 0) is 24.3 Å². The van der Waals surface area contributed by atoms with Crippen molar-refractivity contribution in [2.45, 2.75) is 19.0 Å². The minimum atomic E-state index is -0.586. The number of amides is 2. The van der Waals surface area contributed by atoms with Crippen LogP contribution in [0.3, 0.4) is 0 Å². The van der Waals surface area contributed by atoms with Crippen molar-refractivity contribution >= 4 is 46.6 Å². The van der Waals surface area contributed by atoms with Gasteiger partial charge in [-0.2, -0.15) is 0 Å². The van der Waals surface area contributed by atoms with Gasteiger partial charge in [0.1, 0.15) is 5.82 Å². The van der Waals surface area contributed by atoms with Gasteiger partial charge in [0.2, 0.25) is 11.8 Å². The molecule has 166 valence electrons. The van der Waals surface area contributed by atoms with Crippen LogP contribution in [-0.2, 0) is 9.59 Å². The van der Waals surface area contributed by atoms with E-state index in [0.717, 1.165) is 17.8 Å². The van der Waals surface area contributed by atoms with Crippen molar-refractivity contribution in [1.82, 2.24) is 15.2 Å². The summed E-state index contributed by atoms with van der Waals surface area (Å²) in [5, 5.41) is 13.3. The molecule has 3 rings (SSSR count). The highest BCUT2D eigenvalue weighted by Gasteiger charge is 2.16. The van der Waals surface area contributed by atoms with Crippen LogP contribution >= 0.6 is 23.4 Å². The minimum absolute atomic E-state index is 0.0411. The monoisotopic (exact) mass is 475 g/mol. The summed E-state index contributed by atoms with van der Waals surface area (Å²) in [7, 11) is 0. The van der Waals surface area contributed by atoms with Crippen molar-refractivity contribution in [3.8, 4) is 11.3 Å². The zero-order valence-corrected chi connectivity index (χ0v) is 18.7. The Morgan fingerprint density at radius 1 is 1.16 bits per heavy atom. The van der Waals surface area contributed by atoms with Crippen LogP contribution in [0.25, 0.3) is 11.3 Å². The van der Waals surface area contributed by atoms with E-state index in [1.807, 2.05) is 0 Å². The largest absolute Gasteiger partial charge is 0.325 e. The summed E-state index contributed by atoms with van der Waals surface area (Å²) in [4.78, 5) is 39.3. The van der Waals surface area contributed by atoms with Crippen LogP contribution in [0.15, 0.2) is 52.4 Å². The first kappa shape index (κ1) is 23.4. The number of rotatable bonds is 7. The van der Waals surface area contributed by atoms with Gasteiger partial charge in [-0.15, -0.1) is 10.2 Å². The number of aromatic nitrogens is 3. The highest BCUT2D eigenvalue weighted by Crippen LogP contribution is 2.25. The molecule has 3 aromatic rings. The molecule has 0 saturated heterocycles. The Labute approximate surface area is 192 Å². The van der Waals surface area contributed by atoms with Gasteiger partial charge in [0.25, 0.3) is 5.56 Å². The lowest BCUT2D eigenvalue weighted by molar-refractivity contribution is -0.119. The lowest BCUT2D eigenvalue weighted by atomic mass is 10.1. The van der Waals surface area contributed by atoms with Gasteiger partial charge < -0.3 is 10.6 Å². The Hall–Kier alpha value is -3.24. The molecular weight excluding hydrogens is 457 g/mol. The highest BCUT2D eigenvalue weighted by molar-refractivity contribution is 7.99. The fourth-order valence-corrected chi connectivity index (χ4v) is 3.33. The third-order valence-corrected chi connectivity index (χ3v) is 5.34. The fraction of sp³-hybridized carbons (Fsp3) is 0.190. The Bertz CT molecular complexity index is 1220. The van der Waals surface area contributed by atoms with Gasteiger partial charge in [-0.3, -0.25) is 19.4 Å². The van der Waals surface area contributed by atoms with Gasteiger partial charge in [-0.25, -0.2) is 4.39 Å². The number of thioether (sulfide) groups is 1. The van der Waals surface area contributed by atoms with Crippen LogP contribution in [0.4, 0.5) is 15.8 Å². The van der Waals surface area contributed by atoms with E-state index in [2.05, 4.69) is 25.8 Å². The lowest BCUT2D eigenvalue weighted by Gasteiger charge is -2.11. The summed E-state index contributed by atoms with van der Waals surface area (Å²) >= 11 is 6.67. The molecule has 0 spiro atoms. The minimum Gasteiger partial charge on any atom is -0.325 e. The average molecular weight is 476 g/mol. The van der Waals surface area contributed by atoms with E-state index in [9.17, 15) is 18.8 Å². The number of H-pyrrole nitrogens is 1. The molecule has 0 radical (unpaired) electrons. The van der Waals surface area contributed by atoms with E-state index in [0.29, 0.717) is 16.9 Å². The molecule has 0 aliphatic heterocycles. The van der Waals surface area contributed by atoms with Crippen molar-refractivity contribution < 1.29 is 14.0 Å². The van der Waals surface area contributed by atoms with Gasteiger partial charge >= 0.3 is 0 Å². The van der Waals surface area contributed by atoms with Crippen molar-refractivity contribution in [2.75, 3.05) is 16.4 Å². The molecule has 0 atom stereocenters. The predicted octanol–water partition coefficient (Wildman–Crippen LogP) is 3.95. The van der Waals surface area contributed by atoms with Crippen molar-refractivity contribution in [3.63, 3.8) is 0 Å². The van der Waals surface area contributed by atoms with Crippen LogP contribution in [0, 0.1) is 11.7 Å². The SMILES string of the molecule is CC(C)C(=O)Nc1ccccc1-c1nnc(SCC(=O)Nc2ccc(F)c(Cl)c2)[nH]c1=O. The number of carbonyl (C=O) groups excluding carboxylic acids is 2. The molecule has 11 heteroatoms. The smallest absolute Gasteiger partial charge is 0.278 e. The van der Waals surface area contributed by atoms with Gasteiger partial charge in [-0.1, -0.05) is 55.4 Å². The molecule has 0 fully saturated rings. The summed E-state index contributed by atoms with van der Waals surface area (Å²) in [6.45, 7) is 3.52. The average Bonchev–Trinajstić information content (AvgIpc) is 2.75. The summed E-state index contributed by atoms with van der Waals surface area (Å²) in [5.41, 5.74) is 0.748. The quantitative estimate of drug-likeness (QED) is 0.445. The molecule has 1 aromatic heterocycles. The Morgan fingerprint density at radius 2 is 1.91 bits per heavy atom. The van der Waals surface area contributed by atoms with Crippen LogP contribution in [0.5, 0.6) is 0 Å². The zero-order chi connectivity index (χ0) is 23.3. The van der Waals surface area contributed by atoms with E-state index in [1.165, 1.54) is 12.1 Å². The molecule has 0 aliphatic rings. The summed E-state index contributed by atoms with van der Waals surface area (Å²) in [5.74, 6) is -1.48. The van der Waals surface area contributed by atoms with Crippen LogP contribution < -0.4 is 16.2 Å². The molecule has 32 heavy (non-hydrogen) atoms. The summed E-state index contributed by atoms with van der Waals surface area (Å²) in [6, 6.07) is 10.6. The number of para-hydroxylation sites is 1. The second-order valence-corrected chi connectivity index (χ2v) is 8.33. The second-order valence-electron chi connectivity index (χ2n) is 6.96. The maximum atomic E-state index is 13.2. The number of nitrogens with zero attached hydrogens (tertiary/aromatic N) is 2. The fourth-order valence-electron chi connectivity index (χ4n) is 2.54. The first-order chi connectivity index (χ1) is 15.2. The summed E-state index contributed by atoms with van der Waals surface area (Å²) in [6.07, 6.45) is 0. The van der Waals surface area contributed by atoms with Crippen molar-refractivity contribution in [2.24, 2.45) is 5.92 Å². The van der Waals surface area contributed by atoms with E-state index in [1.54, 1.807) is 38.1 Å². The maximum absolute atomic E-state index is 13.2. The zero-order valence-electron chi connectivity index (χ0n) is 17.1. The number of hydrogen-bond acceptors (Lipinski definition) is 6. The normalized spacial score (nSPS) is 10.8. The molecule has 8 nitrogen and oxygen atoms in total. The number of benzene rings is 2. The predicted molar refractivity (Wildman–Crippen MR) is 122 cm³/mol. The standard InChI is InChI=1S/C21H19ClFN5O3S/c1-11(2)19(30)25-16-6-4-3-5-13(16)18-20(31)26-21(28-27-18)32-10-17(29)24-12-7-8-15(23)14(22)9-12/h3-9,11H,10H2,1-2H3,(H,24,29)(H,25,30)(H,26,28,31). The van der Waals surface area contributed by atoms with Crippen molar-refractivity contribution in [1.29, 1.82) is 0 Å². The third-order valence-electron chi connectivity index (χ3n) is 4.18. The number of halogens is 2. The molecule has 2 aromatic carbocycles. The number of aromatic amines is 1.